The molecule has 0 unspecified atom stereocenters. The van der Waals surface area contributed by atoms with E-state index in [1.807, 2.05) is 30.5 Å². The van der Waals surface area contributed by atoms with Gasteiger partial charge < -0.3 is 15.0 Å². The standard InChI is InChI=1S/C22H25N3O5S/c1-15-8-10-17(12-20(15)31(28,29)25(2)3)24-21(26)14-30-22(27)11-9-16-13-23-19-7-5-4-6-18(16)19/h4-8,10,12-13,23H,9,11,14H2,1-3H3,(H,24,26). The van der Waals surface area contributed by atoms with Gasteiger partial charge in [-0.05, 0) is 42.7 Å². The third-order valence-electron chi connectivity index (χ3n) is 4.87. The zero-order valence-electron chi connectivity index (χ0n) is 17.6. The Morgan fingerprint density at radius 2 is 1.87 bits per heavy atom. The number of fused-ring (bicyclic) bond motifs is 1. The van der Waals surface area contributed by atoms with Gasteiger partial charge in [-0.3, -0.25) is 9.59 Å². The van der Waals surface area contributed by atoms with Gasteiger partial charge in [-0.2, -0.15) is 0 Å². The summed E-state index contributed by atoms with van der Waals surface area (Å²) in [4.78, 5) is 27.4. The molecule has 8 nitrogen and oxygen atoms in total. The van der Waals surface area contributed by atoms with Crippen molar-refractivity contribution in [2.75, 3.05) is 26.0 Å². The highest BCUT2D eigenvalue weighted by molar-refractivity contribution is 7.89. The smallest absolute Gasteiger partial charge is 0.306 e. The van der Waals surface area contributed by atoms with Crippen LogP contribution in [0.4, 0.5) is 5.69 Å². The number of ether oxygens (including phenoxy) is 1. The molecule has 0 aliphatic carbocycles. The minimum Gasteiger partial charge on any atom is -0.456 e. The summed E-state index contributed by atoms with van der Waals surface area (Å²) in [7, 11) is -0.762. The molecule has 0 fully saturated rings. The first kappa shape index (κ1) is 22.5. The predicted molar refractivity (Wildman–Crippen MR) is 118 cm³/mol. The zero-order valence-corrected chi connectivity index (χ0v) is 18.5. The highest BCUT2D eigenvalue weighted by atomic mass is 32.2. The highest BCUT2D eigenvalue weighted by Crippen LogP contribution is 2.22. The third kappa shape index (κ3) is 5.31. The zero-order chi connectivity index (χ0) is 22.6. The van der Waals surface area contributed by atoms with E-state index in [-0.39, 0.29) is 11.3 Å². The van der Waals surface area contributed by atoms with Crippen LogP contribution in [0.15, 0.2) is 53.6 Å². The van der Waals surface area contributed by atoms with E-state index in [0.717, 1.165) is 20.8 Å². The largest absolute Gasteiger partial charge is 0.456 e. The number of nitrogens with one attached hydrogen (secondary N) is 2. The maximum Gasteiger partial charge on any atom is 0.306 e. The maximum atomic E-state index is 12.4. The van der Waals surface area contributed by atoms with Crippen molar-refractivity contribution in [1.29, 1.82) is 0 Å². The number of rotatable bonds is 8. The van der Waals surface area contributed by atoms with Crippen LogP contribution in [0.1, 0.15) is 17.5 Å². The second-order valence-electron chi connectivity index (χ2n) is 7.34. The number of anilines is 1. The van der Waals surface area contributed by atoms with E-state index in [2.05, 4.69) is 10.3 Å². The monoisotopic (exact) mass is 443 g/mol. The van der Waals surface area contributed by atoms with Gasteiger partial charge in [-0.1, -0.05) is 24.3 Å². The van der Waals surface area contributed by atoms with Crippen LogP contribution < -0.4 is 5.32 Å². The minimum atomic E-state index is -3.64. The SMILES string of the molecule is Cc1ccc(NC(=O)COC(=O)CCc2c[nH]c3ccccc23)cc1S(=O)(=O)N(C)C. The number of para-hydroxylation sites is 1. The number of sulfonamides is 1. The normalized spacial score (nSPS) is 11.6. The topological polar surface area (TPSA) is 109 Å². The predicted octanol–water partition coefficient (Wildman–Crippen LogP) is 2.84. The van der Waals surface area contributed by atoms with Crippen molar-refractivity contribution in [2.24, 2.45) is 0 Å². The van der Waals surface area contributed by atoms with E-state index in [4.69, 9.17) is 4.74 Å². The fourth-order valence-corrected chi connectivity index (χ4v) is 4.29. The minimum absolute atomic E-state index is 0.103. The molecule has 3 aromatic rings. The second-order valence-corrected chi connectivity index (χ2v) is 9.46. The Hall–Kier alpha value is -3.17. The van der Waals surface area contributed by atoms with Crippen LogP contribution in [0.3, 0.4) is 0 Å². The van der Waals surface area contributed by atoms with Crippen molar-refractivity contribution >= 4 is 38.5 Å². The molecule has 0 aliphatic rings. The van der Waals surface area contributed by atoms with Crippen molar-refractivity contribution < 1.29 is 22.7 Å². The molecule has 1 heterocycles. The van der Waals surface area contributed by atoms with E-state index in [0.29, 0.717) is 17.7 Å². The van der Waals surface area contributed by atoms with Crippen LogP contribution in [0.25, 0.3) is 10.9 Å². The first-order valence-corrected chi connectivity index (χ1v) is 11.2. The van der Waals surface area contributed by atoms with Gasteiger partial charge in [0.2, 0.25) is 10.0 Å². The van der Waals surface area contributed by atoms with Crippen LogP contribution in [0.5, 0.6) is 0 Å². The first-order chi connectivity index (χ1) is 14.7. The summed E-state index contributed by atoms with van der Waals surface area (Å²) < 4.78 is 31.0. The van der Waals surface area contributed by atoms with Gasteiger partial charge in [0, 0.05) is 43.3 Å². The maximum absolute atomic E-state index is 12.4. The molecule has 0 saturated heterocycles. The lowest BCUT2D eigenvalue weighted by molar-refractivity contribution is -0.147. The average molecular weight is 444 g/mol. The summed E-state index contributed by atoms with van der Waals surface area (Å²) in [5.41, 5.74) is 2.88. The van der Waals surface area contributed by atoms with E-state index in [9.17, 15) is 18.0 Å². The molecule has 9 heteroatoms. The Balaban J connectivity index is 1.53. The van der Waals surface area contributed by atoms with E-state index < -0.39 is 28.5 Å². The Morgan fingerprint density at radius 3 is 2.61 bits per heavy atom. The van der Waals surface area contributed by atoms with Crippen LogP contribution in [-0.2, 0) is 30.8 Å². The Morgan fingerprint density at radius 1 is 1.13 bits per heavy atom. The lowest BCUT2D eigenvalue weighted by atomic mass is 10.1. The molecule has 0 saturated carbocycles. The van der Waals surface area contributed by atoms with Crippen molar-refractivity contribution in [1.82, 2.24) is 9.29 Å². The van der Waals surface area contributed by atoms with E-state index in [1.54, 1.807) is 19.1 Å². The lowest BCUT2D eigenvalue weighted by Gasteiger charge is -2.15. The summed E-state index contributed by atoms with van der Waals surface area (Å²) in [6.07, 6.45) is 2.50. The van der Waals surface area contributed by atoms with Gasteiger partial charge in [0.25, 0.3) is 5.91 Å². The number of benzene rings is 2. The van der Waals surface area contributed by atoms with E-state index >= 15 is 0 Å². The van der Waals surface area contributed by atoms with Crippen molar-refractivity contribution in [3.63, 3.8) is 0 Å². The molecule has 2 N–H and O–H groups in total. The number of carbonyl (C=O) groups excluding carboxylic acids is 2. The van der Waals surface area contributed by atoms with Crippen molar-refractivity contribution in [3.05, 3.63) is 59.8 Å². The first-order valence-electron chi connectivity index (χ1n) is 9.72. The molecule has 0 spiro atoms. The van der Waals surface area contributed by atoms with Gasteiger partial charge in [-0.25, -0.2) is 12.7 Å². The Bertz CT molecular complexity index is 1210. The number of carbonyl (C=O) groups is 2. The summed E-state index contributed by atoms with van der Waals surface area (Å²) in [6, 6.07) is 12.4. The average Bonchev–Trinajstić information content (AvgIpc) is 3.15. The molecule has 3 rings (SSSR count). The quantitative estimate of drug-likeness (QED) is 0.521. The van der Waals surface area contributed by atoms with Gasteiger partial charge >= 0.3 is 5.97 Å². The van der Waals surface area contributed by atoms with Crippen LogP contribution >= 0.6 is 0 Å². The number of aromatic nitrogens is 1. The van der Waals surface area contributed by atoms with Crippen molar-refractivity contribution in [2.45, 2.75) is 24.7 Å². The number of nitrogens with zero attached hydrogens (tertiary/aromatic N) is 1. The second kappa shape index (κ2) is 9.32. The van der Waals surface area contributed by atoms with Gasteiger partial charge in [0.05, 0.1) is 4.90 Å². The summed E-state index contributed by atoms with van der Waals surface area (Å²) >= 11 is 0. The lowest BCUT2D eigenvalue weighted by Crippen LogP contribution is -2.24. The summed E-state index contributed by atoms with van der Waals surface area (Å²) in [6.45, 7) is 1.23. The summed E-state index contributed by atoms with van der Waals surface area (Å²) in [5, 5.41) is 3.62. The van der Waals surface area contributed by atoms with Crippen LogP contribution in [0.2, 0.25) is 0 Å². The molecule has 0 aliphatic heterocycles. The fraction of sp³-hybridized carbons (Fsp3) is 0.273. The van der Waals surface area contributed by atoms with Crippen molar-refractivity contribution in [3.8, 4) is 0 Å². The van der Waals surface area contributed by atoms with E-state index in [1.165, 1.54) is 20.2 Å². The number of aryl methyl sites for hydroxylation is 2. The van der Waals surface area contributed by atoms with Gasteiger partial charge in [0.15, 0.2) is 6.61 Å². The third-order valence-corrected chi connectivity index (χ3v) is 6.83. The number of aromatic amines is 1. The molecular weight excluding hydrogens is 418 g/mol. The highest BCUT2D eigenvalue weighted by Gasteiger charge is 2.20. The molecule has 0 bridgehead atoms. The molecule has 0 radical (unpaired) electrons. The number of H-pyrrole nitrogens is 1. The fourth-order valence-electron chi connectivity index (χ4n) is 3.14. The number of hydrogen-bond donors (Lipinski definition) is 2. The molecule has 0 atom stereocenters. The molecule has 31 heavy (non-hydrogen) atoms. The number of esters is 1. The molecule has 1 aromatic heterocycles. The Labute approximate surface area is 181 Å². The van der Waals surface area contributed by atoms with Gasteiger partial charge in [0.1, 0.15) is 0 Å². The number of hydrogen-bond acceptors (Lipinski definition) is 5. The summed E-state index contributed by atoms with van der Waals surface area (Å²) in [5.74, 6) is -1.03. The molecule has 164 valence electrons. The van der Waals surface area contributed by atoms with Crippen LogP contribution in [-0.4, -0.2) is 50.3 Å². The number of amides is 1. The molecule has 1 amide bonds. The van der Waals surface area contributed by atoms with Crippen LogP contribution in [0, 0.1) is 6.92 Å². The van der Waals surface area contributed by atoms with Gasteiger partial charge in [-0.15, -0.1) is 0 Å². The molecular formula is C22H25N3O5S. The molecule has 2 aromatic carbocycles. The Kier molecular flexibility index (Phi) is 6.77.